The molecular weight excluding hydrogens is 1170 g/mol. The van der Waals surface area contributed by atoms with Gasteiger partial charge in [0.25, 0.3) is 0 Å². The second-order valence-corrected chi connectivity index (χ2v) is 26.5. The van der Waals surface area contributed by atoms with Crippen LogP contribution >= 0.6 is 74.5 Å². The van der Waals surface area contributed by atoms with Crippen LogP contribution in [0.1, 0.15) is 57.8 Å². The summed E-state index contributed by atoms with van der Waals surface area (Å²) in [4.78, 5) is 11.3. The van der Waals surface area contributed by atoms with Crippen LogP contribution in [0.5, 0.6) is 17.2 Å². The summed E-state index contributed by atoms with van der Waals surface area (Å²) in [6.45, 7) is 0. The fourth-order valence-corrected chi connectivity index (χ4v) is 4.92. The Labute approximate surface area is 349 Å². The van der Waals surface area contributed by atoms with Gasteiger partial charge in [-0.3, -0.25) is 4.79 Å². The zero-order valence-corrected chi connectivity index (χ0v) is 38.6. The quantitative estimate of drug-likeness (QED) is 0.244. The second-order valence-electron chi connectivity index (χ2n) is 10.3. The maximum absolute atomic E-state index is 11.3. The molecule has 252 valence electrons. The Morgan fingerprint density at radius 1 is 0.717 bits per heavy atom. The first kappa shape index (κ1) is 47.3. The summed E-state index contributed by atoms with van der Waals surface area (Å²) in [6, 6.07) is 27.5. The van der Waals surface area contributed by atoms with E-state index < -0.39 is 0 Å². The van der Waals surface area contributed by atoms with Gasteiger partial charge >= 0.3 is 80.0 Å². The Morgan fingerprint density at radius 2 is 1.17 bits per heavy atom. The third-order valence-electron chi connectivity index (χ3n) is 7.13. The Hall–Kier alpha value is 1.26. The maximum Gasteiger partial charge on any atom is 1.00 e. The van der Waals surface area contributed by atoms with Crippen LogP contribution in [0.4, 0.5) is 0 Å². The Kier molecular flexibility index (Phi) is 30.8. The fraction of sp³-hybridized carbons (Fsp3) is 0.424. The molecule has 1 heterocycles. The number of rotatable bonds is 4. The molecule has 1 aliphatic heterocycles. The first-order valence-electron chi connectivity index (χ1n) is 14.5. The number of ether oxygens (including phenoxy) is 3. The van der Waals surface area contributed by atoms with Crippen LogP contribution in [0.25, 0.3) is 0 Å². The largest absolute Gasteiger partial charge is 1.00 e. The van der Waals surface area contributed by atoms with E-state index in [0.717, 1.165) is 43.6 Å². The topological polar surface area (TPSA) is 123 Å². The van der Waals surface area contributed by atoms with E-state index in [1.165, 1.54) is 31.4 Å². The van der Waals surface area contributed by atoms with Crippen molar-refractivity contribution in [2.75, 3.05) is 0 Å². The average molecular weight is 1210 g/mol. The van der Waals surface area contributed by atoms with E-state index in [1.807, 2.05) is 66.7 Å². The number of epoxide rings is 1. The van der Waals surface area contributed by atoms with Gasteiger partial charge in [0.1, 0.15) is 17.6 Å². The van der Waals surface area contributed by atoms with Crippen molar-refractivity contribution in [1.82, 2.24) is 0 Å². The standard InChI is InChI=1S/C11H14O2.C11H12O2.C6H6O.C5H8O.I3.I2.Na.H2O/c2*12-10-7-4-8-11(10)13-9-5-2-1-3-6-9;7-6-4-2-1-3-5-6;1-2-4-5(3-1)6-4;1-3-2;1-2;;/h1-3,5-6,10-12H,4,7-8H2;1-3,5-6,11H,4,7-8H2;1-5,7H;4-5H,1-3H2;;;;1H2/q;;;;-1;;+1;/p-1. The monoisotopic (exact) mass is 1210 g/mol. The maximum atomic E-state index is 11.3. The number of para-hydroxylation sites is 3. The van der Waals surface area contributed by atoms with E-state index in [9.17, 15) is 15.0 Å². The normalized spacial score (nSPS) is 22.6. The third kappa shape index (κ3) is 20.8. The molecule has 3 aromatic carbocycles. The molecule has 7 rings (SSSR count). The van der Waals surface area contributed by atoms with Crippen LogP contribution in [0.2, 0.25) is 0 Å². The molecule has 3 aliphatic carbocycles. The van der Waals surface area contributed by atoms with Crippen molar-refractivity contribution in [2.45, 2.75) is 88.3 Å². The minimum Gasteiger partial charge on any atom is -0.872 e. The molecule has 1 saturated heterocycles. The molecule has 7 nitrogen and oxygen atoms in total. The van der Waals surface area contributed by atoms with E-state index in [1.54, 1.807) is 12.1 Å². The molecule has 3 N–H and O–H groups in total. The molecule has 0 bridgehead atoms. The smallest absolute Gasteiger partial charge is 0.872 e. The average Bonchev–Trinajstić information content (AvgIpc) is 3.32. The van der Waals surface area contributed by atoms with E-state index in [2.05, 4.69) is 74.5 Å². The van der Waals surface area contributed by atoms with E-state index in [-0.39, 0.29) is 64.9 Å². The van der Waals surface area contributed by atoms with Crippen molar-refractivity contribution in [2.24, 2.45) is 0 Å². The van der Waals surface area contributed by atoms with Crippen molar-refractivity contribution >= 4 is 80.2 Å². The summed E-state index contributed by atoms with van der Waals surface area (Å²) in [7, 11) is 0. The molecule has 3 saturated carbocycles. The Morgan fingerprint density at radius 3 is 1.50 bits per heavy atom. The summed E-state index contributed by atoms with van der Waals surface area (Å²) in [6.07, 6.45) is 10.5. The number of hydrogen-bond acceptors (Lipinski definition) is 6. The second kappa shape index (κ2) is 29.9. The van der Waals surface area contributed by atoms with Gasteiger partial charge in [0.15, 0.2) is 11.9 Å². The van der Waals surface area contributed by atoms with Crippen LogP contribution in [0.3, 0.4) is 0 Å². The number of carbonyl (C=O) groups is 1. The van der Waals surface area contributed by atoms with Crippen molar-refractivity contribution in [3.63, 3.8) is 0 Å². The van der Waals surface area contributed by atoms with Gasteiger partial charge in [-0.15, -0.1) is 5.75 Å². The van der Waals surface area contributed by atoms with Crippen LogP contribution in [-0.2, 0) is 9.53 Å². The molecule has 0 aromatic heterocycles. The minimum absolute atomic E-state index is 0. The van der Waals surface area contributed by atoms with Crippen molar-refractivity contribution in [1.29, 1.82) is 0 Å². The van der Waals surface area contributed by atoms with Gasteiger partial charge in [-0.1, -0.05) is 66.7 Å². The number of halogens is 5. The van der Waals surface area contributed by atoms with Gasteiger partial charge in [0.05, 0.1) is 18.3 Å². The zero-order valence-electron chi connectivity index (χ0n) is 25.8. The number of ketones is 1. The van der Waals surface area contributed by atoms with Crippen LogP contribution < -0.4 is 57.4 Å². The van der Waals surface area contributed by atoms with E-state index >= 15 is 0 Å². The molecule has 5 atom stereocenters. The first-order valence-corrected chi connectivity index (χ1v) is 33.4. The predicted molar refractivity (Wildman–Crippen MR) is 209 cm³/mol. The summed E-state index contributed by atoms with van der Waals surface area (Å²) in [5.41, 5.74) is 0. The SMILES string of the molecule is C1CC2OC2C1.II.I[I-]I.O.O=C1CCCC1Oc1ccccc1.OC1CCCC1Oc1ccccc1.[Na+].[O-]c1ccccc1. The number of hydrogen-bond donors (Lipinski definition) is 1. The molecule has 46 heavy (non-hydrogen) atoms. The molecule has 4 aliphatic rings. The number of Topliss-reactive ketones (excluding diaryl/α,β-unsaturated/α-hetero) is 1. The molecule has 0 spiro atoms. The minimum atomic E-state index is -0.278. The van der Waals surface area contributed by atoms with Crippen molar-refractivity contribution in [3.8, 4) is 17.2 Å². The first-order chi connectivity index (χ1) is 21.5. The molecule has 4 fully saturated rings. The van der Waals surface area contributed by atoms with Gasteiger partial charge in [0.2, 0.25) is 0 Å². The molecule has 0 amide bonds. The number of aliphatic hydroxyl groups excluding tert-OH is 1. The molecule has 13 heteroatoms. The third-order valence-corrected chi connectivity index (χ3v) is 7.13. The Balaban J connectivity index is 0.000000572. The van der Waals surface area contributed by atoms with Gasteiger partial charge in [-0.25, -0.2) is 0 Å². The summed E-state index contributed by atoms with van der Waals surface area (Å²) in [5, 5.41) is 19.8. The van der Waals surface area contributed by atoms with Gasteiger partial charge in [-0.2, -0.15) is 0 Å². The molecular formula is C33H41I5NaO7-. The van der Waals surface area contributed by atoms with Crippen LogP contribution in [0, 0.1) is 0 Å². The Bertz CT molecular complexity index is 1130. The fourth-order valence-electron chi connectivity index (χ4n) is 4.92. The van der Waals surface area contributed by atoms with E-state index in [4.69, 9.17) is 14.2 Å². The number of benzene rings is 3. The van der Waals surface area contributed by atoms with Gasteiger partial charge in [0, 0.05) is 43.7 Å². The van der Waals surface area contributed by atoms with Gasteiger partial charge in [-0.05, 0) is 75.6 Å². The van der Waals surface area contributed by atoms with Crippen LogP contribution in [-0.4, -0.2) is 46.9 Å². The van der Waals surface area contributed by atoms with E-state index in [0.29, 0.717) is 31.9 Å². The zero-order chi connectivity index (χ0) is 32.0. The molecule has 0 radical (unpaired) electrons. The predicted octanol–water partition coefficient (Wildman–Crippen LogP) is 2.59. The van der Waals surface area contributed by atoms with Crippen LogP contribution in [0.15, 0.2) is 91.0 Å². The summed E-state index contributed by atoms with van der Waals surface area (Å²) >= 11 is 9.54. The number of fused-ring (bicyclic) bond motifs is 1. The number of carbonyl (C=O) groups excluding carboxylic acids is 1. The van der Waals surface area contributed by atoms with Crippen molar-refractivity contribution < 1.29 is 77.5 Å². The summed E-state index contributed by atoms with van der Waals surface area (Å²) in [5.74, 6) is 1.96. The molecule has 5 unspecified atom stereocenters. The summed E-state index contributed by atoms with van der Waals surface area (Å²) < 4.78 is 16.3. The molecule has 3 aromatic rings. The number of aliphatic hydroxyl groups is 1. The van der Waals surface area contributed by atoms with Gasteiger partial charge < -0.3 is 29.9 Å². The van der Waals surface area contributed by atoms with Crippen molar-refractivity contribution in [3.05, 3.63) is 91.0 Å².